The smallest absolute Gasteiger partial charge is 0.188 e. The number of rotatable bonds is 3. The van der Waals surface area contributed by atoms with E-state index in [9.17, 15) is 9.18 Å². The summed E-state index contributed by atoms with van der Waals surface area (Å²) in [6.07, 6.45) is 3.09. The molecule has 0 aliphatic carbocycles. The minimum Gasteiger partial charge on any atom is -0.289 e. The van der Waals surface area contributed by atoms with Gasteiger partial charge >= 0.3 is 0 Å². The Balaban J connectivity index is 2.18. The van der Waals surface area contributed by atoms with Crippen LogP contribution in [-0.4, -0.2) is 5.78 Å². The molecule has 2 rings (SSSR count). The van der Waals surface area contributed by atoms with Crippen LogP contribution in [0.5, 0.6) is 0 Å². The Hall–Kier alpha value is -1.74. The van der Waals surface area contributed by atoms with Gasteiger partial charge < -0.3 is 0 Å². The summed E-state index contributed by atoms with van der Waals surface area (Å²) in [4.78, 5) is 12.6. The molecule has 1 aromatic carbocycles. The summed E-state index contributed by atoms with van der Waals surface area (Å²) in [7, 11) is 0. The number of halogens is 1. The summed E-state index contributed by atoms with van der Waals surface area (Å²) in [5, 5.41) is 1.92. The molecule has 0 N–H and O–H groups in total. The lowest BCUT2D eigenvalue weighted by Crippen LogP contribution is -1.97. The second-order valence-electron chi connectivity index (χ2n) is 3.19. The third kappa shape index (κ3) is 2.44. The molecule has 0 atom stereocenters. The summed E-state index contributed by atoms with van der Waals surface area (Å²) in [6, 6.07) is 9.78. The molecule has 0 radical (unpaired) electrons. The van der Waals surface area contributed by atoms with Crippen LogP contribution in [0.2, 0.25) is 0 Å². The molecular weight excluding hydrogens is 223 g/mol. The van der Waals surface area contributed by atoms with E-state index in [4.69, 9.17) is 0 Å². The van der Waals surface area contributed by atoms with Crippen molar-refractivity contribution in [1.29, 1.82) is 0 Å². The molecule has 0 bridgehead atoms. The van der Waals surface area contributed by atoms with E-state index in [0.717, 1.165) is 4.88 Å². The maximum absolute atomic E-state index is 13.3. The molecule has 0 aliphatic heterocycles. The van der Waals surface area contributed by atoms with Crippen molar-refractivity contribution in [3.8, 4) is 0 Å². The Bertz CT molecular complexity index is 514. The molecule has 1 aromatic heterocycles. The van der Waals surface area contributed by atoms with Crippen LogP contribution in [0.3, 0.4) is 0 Å². The van der Waals surface area contributed by atoms with E-state index >= 15 is 0 Å². The first-order valence-corrected chi connectivity index (χ1v) is 5.66. The van der Waals surface area contributed by atoms with Gasteiger partial charge in [-0.15, -0.1) is 11.3 Å². The average Bonchev–Trinajstić information content (AvgIpc) is 2.79. The first kappa shape index (κ1) is 10.8. The van der Waals surface area contributed by atoms with Gasteiger partial charge in [-0.2, -0.15) is 0 Å². The highest BCUT2D eigenvalue weighted by Crippen LogP contribution is 2.12. The Morgan fingerprint density at radius 3 is 2.69 bits per heavy atom. The monoisotopic (exact) mass is 232 g/mol. The molecule has 1 nitrogen and oxygen atoms in total. The van der Waals surface area contributed by atoms with Gasteiger partial charge in [0.05, 0.1) is 5.56 Å². The van der Waals surface area contributed by atoms with Gasteiger partial charge in [0, 0.05) is 4.88 Å². The number of allylic oxidation sites excluding steroid dienone is 1. The molecule has 3 heteroatoms. The molecule has 0 saturated carbocycles. The Kier molecular flexibility index (Phi) is 3.27. The number of hydrogen-bond donors (Lipinski definition) is 0. The van der Waals surface area contributed by atoms with Gasteiger partial charge in [0.1, 0.15) is 5.82 Å². The maximum atomic E-state index is 13.3. The van der Waals surface area contributed by atoms with Crippen molar-refractivity contribution < 1.29 is 9.18 Å². The predicted molar refractivity (Wildman–Crippen MR) is 64.1 cm³/mol. The second-order valence-corrected chi connectivity index (χ2v) is 4.17. The molecule has 0 spiro atoms. The highest BCUT2D eigenvalue weighted by Gasteiger charge is 2.06. The maximum Gasteiger partial charge on any atom is 0.188 e. The van der Waals surface area contributed by atoms with Crippen LogP contribution in [0.25, 0.3) is 6.08 Å². The van der Waals surface area contributed by atoms with Crippen molar-refractivity contribution in [2.45, 2.75) is 0 Å². The highest BCUT2D eigenvalue weighted by molar-refractivity contribution is 7.10. The molecule has 80 valence electrons. The zero-order valence-electron chi connectivity index (χ0n) is 8.39. The van der Waals surface area contributed by atoms with Gasteiger partial charge in [-0.1, -0.05) is 18.2 Å². The number of carbonyl (C=O) groups is 1. The van der Waals surface area contributed by atoms with E-state index < -0.39 is 5.82 Å². The fourth-order valence-corrected chi connectivity index (χ4v) is 1.91. The molecule has 0 aliphatic rings. The van der Waals surface area contributed by atoms with E-state index in [1.54, 1.807) is 18.2 Å². The van der Waals surface area contributed by atoms with E-state index in [1.165, 1.54) is 29.5 Å². The fraction of sp³-hybridized carbons (Fsp3) is 0. The summed E-state index contributed by atoms with van der Waals surface area (Å²) in [6.45, 7) is 0. The van der Waals surface area contributed by atoms with Crippen molar-refractivity contribution in [3.63, 3.8) is 0 Å². The molecule has 1 heterocycles. The molecular formula is C13H9FOS. The van der Waals surface area contributed by atoms with Crippen molar-refractivity contribution in [2.75, 3.05) is 0 Å². The highest BCUT2D eigenvalue weighted by atomic mass is 32.1. The topological polar surface area (TPSA) is 17.1 Å². The first-order valence-electron chi connectivity index (χ1n) is 4.78. The molecule has 0 unspecified atom stereocenters. The molecule has 0 saturated heterocycles. The lowest BCUT2D eigenvalue weighted by atomic mass is 10.1. The fourth-order valence-electron chi connectivity index (χ4n) is 1.29. The van der Waals surface area contributed by atoms with Gasteiger partial charge in [-0.25, -0.2) is 4.39 Å². The van der Waals surface area contributed by atoms with E-state index in [-0.39, 0.29) is 11.3 Å². The van der Waals surface area contributed by atoms with Crippen LogP contribution < -0.4 is 0 Å². The van der Waals surface area contributed by atoms with Crippen molar-refractivity contribution >= 4 is 23.2 Å². The second kappa shape index (κ2) is 4.86. The third-order valence-electron chi connectivity index (χ3n) is 2.08. The zero-order chi connectivity index (χ0) is 11.4. The standard InChI is InChI=1S/C13H9FOS/c14-12-6-2-1-5-11(12)13(15)8-7-10-4-3-9-16-10/h1-9H/b8-7+. The van der Waals surface area contributed by atoms with Crippen molar-refractivity contribution in [1.82, 2.24) is 0 Å². The lowest BCUT2D eigenvalue weighted by molar-refractivity contribution is 0.104. The summed E-state index contributed by atoms with van der Waals surface area (Å²) >= 11 is 1.53. The lowest BCUT2D eigenvalue weighted by Gasteiger charge is -1.96. The normalized spacial score (nSPS) is 10.8. The van der Waals surface area contributed by atoms with Gasteiger partial charge in [0.25, 0.3) is 0 Å². The van der Waals surface area contributed by atoms with Crippen LogP contribution in [0.1, 0.15) is 15.2 Å². The predicted octanol–water partition coefficient (Wildman–Crippen LogP) is 3.78. The van der Waals surface area contributed by atoms with Gasteiger partial charge in [0.15, 0.2) is 5.78 Å². The van der Waals surface area contributed by atoms with E-state index in [1.807, 2.05) is 17.5 Å². The van der Waals surface area contributed by atoms with Gasteiger partial charge in [0.2, 0.25) is 0 Å². The van der Waals surface area contributed by atoms with Gasteiger partial charge in [-0.3, -0.25) is 4.79 Å². The number of benzene rings is 1. The zero-order valence-corrected chi connectivity index (χ0v) is 9.21. The average molecular weight is 232 g/mol. The Morgan fingerprint density at radius 1 is 1.19 bits per heavy atom. The first-order chi connectivity index (χ1) is 7.77. The van der Waals surface area contributed by atoms with Crippen LogP contribution in [0.15, 0.2) is 47.9 Å². The number of thiophene rings is 1. The minimum absolute atomic E-state index is 0.107. The summed E-state index contributed by atoms with van der Waals surface area (Å²) in [5.74, 6) is -0.796. The van der Waals surface area contributed by atoms with Crippen LogP contribution >= 0.6 is 11.3 Å². The Labute approximate surface area is 96.9 Å². The van der Waals surface area contributed by atoms with Crippen LogP contribution in [-0.2, 0) is 0 Å². The number of ketones is 1. The molecule has 16 heavy (non-hydrogen) atoms. The third-order valence-corrected chi connectivity index (χ3v) is 2.92. The van der Waals surface area contributed by atoms with Crippen molar-refractivity contribution in [2.24, 2.45) is 0 Å². The quantitative estimate of drug-likeness (QED) is 0.581. The number of hydrogen-bond acceptors (Lipinski definition) is 2. The van der Waals surface area contributed by atoms with Crippen LogP contribution in [0.4, 0.5) is 4.39 Å². The Morgan fingerprint density at radius 2 is 2.00 bits per heavy atom. The van der Waals surface area contributed by atoms with Crippen LogP contribution in [0, 0.1) is 5.82 Å². The van der Waals surface area contributed by atoms with E-state index in [0.29, 0.717) is 0 Å². The molecule has 0 fully saturated rings. The molecule has 0 amide bonds. The summed E-state index contributed by atoms with van der Waals surface area (Å²) < 4.78 is 13.3. The number of carbonyl (C=O) groups excluding carboxylic acids is 1. The largest absolute Gasteiger partial charge is 0.289 e. The SMILES string of the molecule is O=C(/C=C/c1cccs1)c1ccccc1F. The van der Waals surface area contributed by atoms with Crippen molar-refractivity contribution in [3.05, 3.63) is 64.1 Å². The summed E-state index contributed by atoms with van der Waals surface area (Å²) in [5.41, 5.74) is 0.107. The van der Waals surface area contributed by atoms with E-state index in [2.05, 4.69) is 0 Å². The van der Waals surface area contributed by atoms with Gasteiger partial charge in [-0.05, 0) is 35.7 Å². The molecule has 2 aromatic rings. The minimum atomic E-state index is -0.483.